The average molecular weight is 284 g/mol. The third-order valence-corrected chi connectivity index (χ3v) is 3.22. The number of furan rings is 1. The second-order valence-corrected chi connectivity index (χ2v) is 4.72. The zero-order valence-electron chi connectivity index (χ0n) is 11.4. The van der Waals surface area contributed by atoms with E-state index in [2.05, 4.69) is 10.3 Å². The van der Waals surface area contributed by atoms with Crippen LogP contribution in [0.4, 0.5) is 4.39 Å². The predicted octanol–water partition coefficient (Wildman–Crippen LogP) is 3.21. The van der Waals surface area contributed by atoms with Crippen LogP contribution in [0.1, 0.15) is 21.8 Å². The fourth-order valence-corrected chi connectivity index (χ4v) is 2.15. The summed E-state index contributed by atoms with van der Waals surface area (Å²) in [7, 11) is 0. The number of fused-ring (bicyclic) bond motifs is 1. The quantitative estimate of drug-likeness (QED) is 0.803. The maximum atomic E-state index is 13.3. The predicted molar refractivity (Wildman–Crippen MR) is 76.3 cm³/mol. The largest absolute Gasteiger partial charge is 0.467 e. The van der Waals surface area contributed by atoms with Gasteiger partial charge < -0.3 is 9.73 Å². The summed E-state index contributed by atoms with van der Waals surface area (Å²) in [5, 5.41) is 3.36. The van der Waals surface area contributed by atoms with Gasteiger partial charge in [-0.2, -0.15) is 0 Å². The molecule has 0 bridgehead atoms. The number of rotatable bonds is 3. The number of nitrogens with zero attached hydrogens (tertiary/aromatic N) is 1. The van der Waals surface area contributed by atoms with Crippen LogP contribution in [0, 0.1) is 12.7 Å². The third-order valence-electron chi connectivity index (χ3n) is 3.22. The second-order valence-electron chi connectivity index (χ2n) is 4.72. The van der Waals surface area contributed by atoms with Gasteiger partial charge in [0.15, 0.2) is 0 Å². The molecular formula is C16H13FN2O2. The van der Waals surface area contributed by atoms with E-state index in [0.717, 1.165) is 0 Å². The Labute approximate surface area is 120 Å². The molecule has 1 N–H and O–H groups in total. The van der Waals surface area contributed by atoms with Crippen LogP contribution in [-0.2, 0) is 6.54 Å². The van der Waals surface area contributed by atoms with Crippen molar-refractivity contribution in [2.75, 3.05) is 0 Å². The van der Waals surface area contributed by atoms with Gasteiger partial charge in [0.25, 0.3) is 5.91 Å². The lowest BCUT2D eigenvalue weighted by molar-refractivity contribution is 0.0947. The van der Waals surface area contributed by atoms with Crippen molar-refractivity contribution in [2.45, 2.75) is 13.5 Å². The molecule has 0 fully saturated rings. The summed E-state index contributed by atoms with van der Waals surface area (Å²) in [5.41, 5.74) is 1.70. The lowest BCUT2D eigenvalue weighted by Crippen LogP contribution is -2.23. The number of pyridine rings is 1. The number of nitrogens with one attached hydrogen (secondary N) is 1. The van der Waals surface area contributed by atoms with Crippen molar-refractivity contribution in [2.24, 2.45) is 0 Å². The Morgan fingerprint density at radius 2 is 2.19 bits per heavy atom. The fourth-order valence-electron chi connectivity index (χ4n) is 2.15. The minimum absolute atomic E-state index is 0.262. The summed E-state index contributed by atoms with van der Waals surface area (Å²) < 4.78 is 18.4. The molecule has 1 amide bonds. The summed E-state index contributed by atoms with van der Waals surface area (Å²) in [6, 6.07) is 9.51. The number of aromatic nitrogens is 1. The van der Waals surface area contributed by atoms with E-state index in [4.69, 9.17) is 4.42 Å². The number of carbonyl (C=O) groups excluding carboxylic acids is 1. The number of hydrogen-bond acceptors (Lipinski definition) is 3. The Kier molecular flexibility index (Phi) is 3.39. The van der Waals surface area contributed by atoms with Crippen molar-refractivity contribution < 1.29 is 13.6 Å². The second kappa shape index (κ2) is 5.36. The van der Waals surface area contributed by atoms with Crippen LogP contribution < -0.4 is 5.32 Å². The normalized spacial score (nSPS) is 10.8. The monoisotopic (exact) mass is 284 g/mol. The fraction of sp³-hybridized carbons (Fsp3) is 0.125. The molecule has 0 aliphatic rings. The van der Waals surface area contributed by atoms with Gasteiger partial charge in [-0.25, -0.2) is 4.39 Å². The molecule has 0 unspecified atom stereocenters. The van der Waals surface area contributed by atoms with Crippen LogP contribution >= 0.6 is 0 Å². The summed E-state index contributed by atoms with van der Waals surface area (Å²) in [5.74, 6) is 0.0541. The molecule has 2 heterocycles. The Morgan fingerprint density at radius 1 is 1.33 bits per heavy atom. The SMILES string of the molecule is Cc1nc2ccc(F)cc2cc1C(=O)NCc1ccco1. The molecule has 4 nitrogen and oxygen atoms in total. The summed E-state index contributed by atoms with van der Waals surface area (Å²) in [4.78, 5) is 16.5. The molecule has 0 radical (unpaired) electrons. The first kappa shape index (κ1) is 13.3. The highest BCUT2D eigenvalue weighted by molar-refractivity contribution is 5.98. The number of hydrogen-bond donors (Lipinski definition) is 1. The molecule has 0 atom stereocenters. The average Bonchev–Trinajstić information content (AvgIpc) is 2.98. The van der Waals surface area contributed by atoms with Crippen molar-refractivity contribution in [3.8, 4) is 0 Å². The van der Waals surface area contributed by atoms with E-state index in [9.17, 15) is 9.18 Å². The summed E-state index contributed by atoms with van der Waals surface area (Å²) in [6.45, 7) is 2.05. The molecule has 0 aliphatic carbocycles. The molecule has 106 valence electrons. The van der Waals surface area contributed by atoms with Crippen molar-refractivity contribution in [1.29, 1.82) is 0 Å². The van der Waals surface area contributed by atoms with Gasteiger partial charge in [0.05, 0.1) is 29.6 Å². The van der Waals surface area contributed by atoms with E-state index >= 15 is 0 Å². The zero-order valence-corrected chi connectivity index (χ0v) is 11.4. The highest BCUT2D eigenvalue weighted by Gasteiger charge is 2.12. The molecule has 0 spiro atoms. The molecule has 2 aromatic heterocycles. The standard InChI is InChI=1S/C16H13FN2O2/c1-10-14(16(20)18-9-13-3-2-6-21-13)8-11-7-12(17)4-5-15(11)19-10/h2-8H,9H2,1H3,(H,18,20). The van der Waals surface area contributed by atoms with Gasteiger partial charge in [-0.1, -0.05) is 0 Å². The number of aryl methyl sites for hydroxylation is 1. The van der Waals surface area contributed by atoms with Gasteiger partial charge in [-0.15, -0.1) is 0 Å². The van der Waals surface area contributed by atoms with E-state index in [1.165, 1.54) is 12.1 Å². The van der Waals surface area contributed by atoms with E-state index < -0.39 is 0 Å². The van der Waals surface area contributed by atoms with Crippen LogP contribution in [0.5, 0.6) is 0 Å². The maximum Gasteiger partial charge on any atom is 0.253 e. The molecule has 0 saturated heterocycles. The Bertz CT molecular complexity index is 797. The van der Waals surface area contributed by atoms with Crippen molar-refractivity contribution >= 4 is 16.8 Å². The molecule has 5 heteroatoms. The van der Waals surface area contributed by atoms with Gasteiger partial charge in [0.1, 0.15) is 11.6 Å². The minimum Gasteiger partial charge on any atom is -0.467 e. The Morgan fingerprint density at radius 3 is 2.95 bits per heavy atom. The van der Waals surface area contributed by atoms with Gasteiger partial charge in [-0.05, 0) is 43.3 Å². The van der Waals surface area contributed by atoms with E-state index in [0.29, 0.717) is 34.5 Å². The van der Waals surface area contributed by atoms with Gasteiger partial charge >= 0.3 is 0 Å². The molecule has 0 aliphatic heterocycles. The van der Waals surface area contributed by atoms with E-state index in [-0.39, 0.29) is 11.7 Å². The molecule has 3 rings (SSSR count). The number of benzene rings is 1. The molecule has 3 aromatic rings. The lowest BCUT2D eigenvalue weighted by atomic mass is 10.1. The first-order chi connectivity index (χ1) is 10.1. The highest BCUT2D eigenvalue weighted by atomic mass is 19.1. The lowest BCUT2D eigenvalue weighted by Gasteiger charge is -2.08. The first-order valence-corrected chi connectivity index (χ1v) is 6.51. The van der Waals surface area contributed by atoms with Crippen molar-refractivity contribution in [3.05, 3.63) is 65.5 Å². The first-order valence-electron chi connectivity index (χ1n) is 6.51. The van der Waals surface area contributed by atoms with Gasteiger partial charge in [-0.3, -0.25) is 9.78 Å². The summed E-state index contributed by atoms with van der Waals surface area (Å²) in [6.07, 6.45) is 1.55. The third kappa shape index (κ3) is 2.76. The summed E-state index contributed by atoms with van der Waals surface area (Å²) >= 11 is 0. The van der Waals surface area contributed by atoms with Crippen LogP contribution in [0.3, 0.4) is 0 Å². The highest BCUT2D eigenvalue weighted by Crippen LogP contribution is 2.18. The zero-order chi connectivity index (χ0) is 14.8. The van der Waals surface area contributed by atoms with Crippen LogP contribution in [0.15, 0.2) is 47.1 Å². The Hall–Kier alpha value is -2.69. The van der Waals surface area contributed by atoms with Crippen molar-refractivity contribution in [1.82, 2.24) is 10.3 Å². The van der Waals surface area contributed by atoms with E-state index in [1.807, 2.05) is 0 Å². The Balaban J connectivity index is 1.88. The van der Waals surface area contributed by atoms with Gasteiger partial charge in [0, 0.05) is 5.39 Å². The van der Waals surface area contributed by atoms with Crippen LogP contribution in [0.2, 0.25) is 0 Å². The van der Waals surface area contributed by atoms with Crippen molar-refractivity contribution in [3.63, 3.8) is 0 Å². The smallest absolute Gasteiger partial charge is 0.253 e. The number of halogens is 1. The molecular weight excluding hydrogens is 271 g/mol. The van der Waals surface area contributed by atoms with Crippen LogP contribution in [0.25, 0.3) is 10.9 Å². The minimum atomic E-state index is -0.352. The molecule has 21 heavy (non-hydrogen) atoms. The van der Waals surface area contributed by atoms with E-state index in [1.54, 1.807) is 37.5 Å². The van der Waals surface area contributed by atoms with Crippen LogP contribution in [-0.4, -0.2) is 10.9 Å². The number of carbonyl (C=O) groups is 1. The molecule has 1 aromatic carbocycles. The molecule has 0 saturated carbocycles. The topological polar surface area (TPSA) is 55.1 Å². The number of amides is 1. The maximum absolute atomic E-state index is 13.3. The van der Waals surface area contributed by atoms with Gasteiger partial charge in [0.2, 0.25) is 0 Å².